The average molecular weight is 381 g/mol. The molecular formula is C22H27N3O3. The van der Waals surface area contributed by atoms with Gasteiger partial charge in [-0.15, -0.1) is 0 Å². The molecule has 1 aliphatic heterocycles. The van der Waals surface area contributed by atoms with Crippen molar-refractivity contribution >= 4 is 11.8 Å². The molecule has 6 heteroatoms. The number of hydrogen-bond acceptors (Lipinski definition) is 4. The van der Waals surface area contributed by atoms with Crippen molar-refractivity contribution in [3.63, 3.8) is 0 Å². The first kappa shape index (κ1) is 18.9. The monoisotopic (exact) mass is 381 g/mol. The number of fused-ring (bicyclic) bond motifs is 1. The summed E-state index contributed by atoms with van der Waals surface area (Å²) >= 11 is 0. The fourth-order valence-electron chi connectivity index (χ4n) is 4.48. The maximum Gasteiger partial charge on any atom is 0.344 e. The lowest BCUT2D eigenvalue weighted by atomic mass is 10.0. The van der Waals surface area contributed by atoms with Crippen molar-refractivity contribution in [2.75, 3.05) is 13.1 Å². The minimum atomic E-state index is -0.144. The van der Waals surface area contributed by atoms with Gasteiger partial charge in [0.05, 0.1) is 12.7 Å². The standard InChI is InChI=1S/C22H27N3O3/c1-14-5-4-6-17(15(14)2)13-28-20-9-18-11-24(12-19(18)10-20)22(27)25-8-7-21(23-25)16(3)26/h4-8,18-20H,9-13H2,1-3H3/t18-,19+,20?. The van der Waals surface area contributed by atoms with E-state index < -0.39 is 0 Å². The lowest BCUT2D eigenvalue weighted by Crippen LogP contribution is -2.34. The number of carbonyl (C=O) groups excluding carboxylic acids is 2. The number of benzene rings is 1. The van der Waals surface area contributed by atoms with Gasteiger partial charge in [-0.2, -0.15) is 9.78 Å². The summed E-state index contributed by atoms with van der Waals surface area (Å²) in [4.78, 5) is 25.9. The number of aromatic nitrogens is 2. The normalized spacial score (nSPS) is 23.8. The second-order valence-electron chi connectivity index (χ2n) is 8.17. The topological polar surface area (TPSA) is 64.4 Å². The summed E-state index contributed by atoms with van der Waals surface area (Å²) in [5, 5.41) is 4.09. The molecule has 3 atom stereocenters. The first-order chi connectivity index (χ1) is 13.4. The summed E-state index contributed by atoms with van der Waals surface area (Å²) in [6.07, 6.45) is 3.83. The second kappa shape index (κ2) is 7.51. The third-order valence-corrected chi connectivity index (χ3v) is 6.32. The van der Waals surface area contributed by atoms with E-state index in [-0.39, 0.29) is 17.9 Å². The maximum absolute atomic E-state index is 12.7. The van der Waals surface area contributed by atoms with E-state index >= 15 is 0 Å². The lowest BCUT2D eigenvalue weighted by molar-refractivity contribution is 0.0380. The molecule has 2 aliphatic rings. The van der Waals surface area contributed by atoms with Gasteiger partial charge in [0.1, 0.15) is 5.69 Å². The molecular weight excluding hydrogens is 354 g/mol. The van der Waals surface area contributed by atoms with Gasteiger partial charge in [0, 0.05) is 26.2 Å². The molecule has 1 saturated carbocycles. The van der Waals surface area contributed by atoms with Crippen LogP contribution in [0.1, 0.15) is 46.9 Å². The van der Waals surface area contributed by atoms with Gasteiger partial charge in [-0.3, -0.25) is 4.79 Å². The van der Waals surface area contributed by atoms with Gasteiger partial charge in [0.15, 0.2) is 5.78 Å². The molecule has 1 amide bonds. The molecule has 0 spiro atoms. The maximum atomic E-state index is 12.7. The molecule has 1 saturated heterocycles. The smallest absolute Gasteiger partial charge is 0.344 e. The molecule has 0 radical (unpaired) electrons. The van der Waals surface area contributed by atoms with Crippen molar-refractivity contribution in [2.45, 2.75) is 46.3 Å². The Labute approximate surface area is 165 Å². The molecule has 4 rings (SSSR count). The van der Waals surface area contributed by atoms with Crippen molar-refractivity contribution in [2.24, 2.45) is 11.8 Å². The van der Waals surface area contributed by atoms with Crippen molar-refractivity contribution in [1.82, 2.24) is 14.7 Å². The molecule has 1 aromatic carbocycles. The highest BCUT2D eigenvalue weighted by atomic mass is 16.5. The van der Waals surface area contributed by atoms with Gasteiger partial charge in [0.2, 0.25) is 0 Å². The Morgan fingerprint density at radius 2 is 1.86 bits per heavy atom. The molecule has 0 N–H and O–H groups in total. The predicted octanol–water partition coefficient (Wildman–Crippen LogP) is 3.60. The van der Waals surface area contributed by atoms with Crippen LogP contribution in [0.15, 0.2) is 30.5 Å². The number of carbonyl (C=O) groups is 2. The van der Waals surface area contributed by atoms with Crippen LogP contribution in [0.4, 0.5) is 4.79 Å². The van der Waals surface area contributed by atoms with Gasteiger partial charge in [-0.05, 0) is 61.3 Å². The number of rotatable bonds is 4. The summed E-state index contributed by atoms with van der Waals surface area (Å²) in [6.45, 7) is 7.86. The van der Waals surface area contributed by atoms with E-state index in [2.05, 4.69) is 37.1 Å². The zero-order valence-corrected chi connectivity index (χ0v) is 16.7. The van der Waals surface area contributed by atoms with Crippen molar-refractivity contribution in [3.05, 3.63) is 52.8 Å². The van der Waals surface area contributed by atoms with Crippen LogP contribution in [0.25, 0.3) is 0 Å². The number of hydrogen-bond donors (Lipinski definition) is 0. The Morgan fingerprint density at radius 3 is 2.50 bits per heavy atom. The van der Waals surface area contributed by atoms with Crippen LogP contribution in [0.5, 0.6) is 0 Å². The largest absolute Gasteiger partial charge is 0.374 e. The molecule has 2 aromatic rings. The molecule has 2 heterocycles. The van der Waals surface area contributed by atoms with E-state index in [1.54, 1.807) is 12.3 Å². The van der Waals surface area contributed by atoms with Gasteiger partial charge < -0.3 is 9.64 Å². The number of Topliss-reactive ketones (excluding diaryl/α,β-unsaturated/α-hetero) is 1. The highest BCUT2D eigenvalue weighted by Gasteiger charge is 2.43. The molecule has 6 nitrogen and oxygen atoms in total. The number of likely N-dealkylation sites (tertiary alicyclic amines) is 1. The Kier molecular flexibility index (Phi) is 5.06. The van der Waals surface area contributed by atoms with E-state index in [9.17, 15) is 9.59 Å². The number of ketones is 1. The molecule has 28 heavy (non-hydrogen) atoms. The minimum Gasteiger partial charge on any atom is -0.374 e. The predicted molar refractivity (Wildman–Crippen MR) is 105 cm³/mol. The highest BCUT2D eigenvalue weighted by Crippen LogP contribution is 2.40. The molecule has 2 fully saturated rings. The van der Waals surface area contributed by atoms with Crippen LogP contribution in [-0.2, 0) is 11.3 Å². The minimum absolute atomic E-state index is 0.131. The van der Waals surface area contributed by atoms with E-state index in [0.29, 0.717) is 24.1 Å². The quantitative estimate of drug-likeness (QED) is 0.759. The van der Waals surface area contributed by atoms with Gasteiger partial charge in [-0.1, -0.05) is 18.2 Å². The van der Waals surface area contributed by atoms with E-state index in [1.165, 1.54) is 28.3 Å². The number of ether oxygens (including phenoxy) is 1. The molecule has 148 valence electrons. The van der Waals surface area contributed by atoms with Crippen molar-refractivity contribution < 1.29 is 14.3 Å². The zero-order chi connectivity index (χ0) is 19.8. The van der Waals surface area contributed by atoms with Gasteiger partial charge in [0.25, 0.3) is 0 Å². The lowest BCUT2D eigenvalue weighted by Gasteiger charge is -2.19. The molecule has 1 unspecified atom stereocenters. The summed E-state index contributed by atoms with van der Waals surface area (Å²) in [5.74, 6) is 0.833. The van der Waals surface area contributed by atoms with Gasteiger partial charge >= 0.3 is 6.03 Å². The third kappa shape index (κ3) is 3.61. The fraction of sp³-hybridized carbons (Fsp3) is 0.500. The van der Waals surface area contributed by atoms with Crippen LogP contribution in [0.3, 0.4) is 0 Å². The van der Waals surface area contributed by atoms with E-state index in [1.807, 2.05) is 4.90 Å². The average Bonchev–Trinajstić information content (AvgIpc) is 3.36. The first-order valence-corrected chi connectivity index (χ1v) is 9.95. The first-order valence-electron chi connectivity index (χ1n) is 9.95. The van der Waals surface area contributed by atoms with Crippen LogP contribution in [0.2, 0.25) is 0 Å². The summed E-state index contributed by atoms with van der Waals surface area (Å²) in [5.41, 5.74) is 4.19. The number of aryl methyl sites for hydroxylation is 1. The van der Waals surface area contributed by atoms with Crippen LogP contribution in [-0.4, -0.2) is 45.7 Å². The molecule has 1 aliphatic carbocycles. The Balaban J connectivity index is 1.31. The summed E-state index contributed by atoms with van der Waals surface area (Å²) in [6, 6.07) is 7.80. The van der Waals surface area contributed by atoms with Crippen molar-refractivity contribution in [1.29, 1.82) is 0 Å². The van der Waals surface area contributed by atoms with Crippen LogP contribution >= 0.6 is 0 Å². The fourth-order valence-corrected chi connectivity index (χ4v) is 4.48. The SMILES string of the molecule is CC(=O)c1ccn(C(=O)N2C[C@H]3CC(OCc4cccc(C)c4C)C[C@H]3C2)n1. The number of amides is 1. The Bertz CT molecular complexity index is 890. The number of nitrogens with zero attached hydrogens (tertiary/aromatic N) is 3. The second-order valence-corrected chi connectivity index (χ2v) is 8.17. The third-order valence-electron chi connectivity index (χ3n) is 6.32. The molecule has 1 aromatic heterocycles. The van der Waals surface area contributed by atoms with Crippen molar-refractivity contribution in [3.8, 4) is 0 Å². The molecule has 0 bridgehead atoms. The zero-order valence-electron chi connectivity index (χ0n) is 16.7. The van der Waals surface area contributed by atoms with E-state index in [4.69, 9.17) is 4.74 Å². The summed E-state index contributed by atoms with van der Waals surface area (Å²) in [7, 11) is 0. The Morgan fingerprint density at radius 1 is 1.14 bits per heavy atom. The highest BCUT2D eigenvalue weighted by molar-refractivity contribution is 5.92. The van der Waals surface area contributed by atoms with Crippen LogP contribution in [0, 0.1) is 25.7 Å². The van der Waals surface area contributed by atoms with E-state index in [0.717, 1.165) is 25.9 Å². The van der Waals surface area contributed by atoms with Crippen LogP contribution < -0.4 is 0 Å². The Hall–Kier alpha value is -2.47. The van der Waals surface area contributed by atoms with Gasteiger partial charge in [-0.25, -0.2) is 4.79 Å². The summed E-state index contributed by atoms with van der Waals surface area (Å²) < 4.78 is 7.50.